The average molecular weight is 307 g/mol. The molecule has 0 spiro atoms. The van der Waals surface area contributed by atoms with E-state index >= 15 is 0 Å². The van der Waals surface area contributed by atoms with E-state index in [9.17, 15) is 0 Å². The van der Waals surface area contributed by atoms with Gasteiger partial charge >= 0.3 is 0 Å². The van der Waals surface area contributed by atoms with Crippen molar-refractivity contribution in [3.05, 3.63) is 0 Å². The fourth-order valence-corrected chi connectivity index (χ4v) is 6.00. The van der Waals surface area contributed by atoms with E-state index in [1.54, 1.807) is 19.3 Å². The number of hydrogen-bond donors (Lipinski definition) is 0. The van der Waals surface area contributed by atoms with Crippen molar-refractivity contribution in [3.63, 3.8) is 0 Å². The van der Waals surface area contributed by atoms with Gasteiger partial charge in [-0.25, -0.2) is 0 Å². The molecule has 0 aromatic rings. The Bertz CT molecular complexity index is 294. The monoisotopic (exact) mass is 306 g/mol. The highest BCUT2D eigenvalue weighted by molar-refractivity contribution is 4.92. The van der Waals surface area contributed by atoms with Gasteiger partial charge in [-0.05, 0) is 54.8 Å². The average Bonchev–Trinajstić information content (AvgIpc) is 2.51. The Hall–Kier alpha value is 0. The highest BCUT2D eigenvalue weighted by Crippen LogP contribution is 2.51. The van der Waals surface area contributed by atoms with Crippen LogP contribution in [0.15, 0.2) is 0 Å². The number of fused-ring (bicyclic) bond motifs is 1. The van der Waals surface area contributed by atoms with E-state index in [-0.39, 0.29) is 0 Å². The molecule has 0 amide bonds. The van der Waals surface area contributed by atoms with Crippen LogP contribution in [0.3, 0.4) is 0 Å². The normalized spacial score (nSPS) is 36.8. The van der Waals surface area contributed by atoms with Crippen LogP contribution >= 0.6 is 0 Å². The van der Waals surface area contributed by atoms with Crippen LogP contribution in [0.4, 0.5) is 0 Å². The van der Waals surface area contributed by atoms with Gasteiger partial charge in [-0.1, -0.05) is 85.5 Å². The zero-order chi connectivity index (χ0) is 15.9. The standard InChI is InChI=1S/C22H42/c1-5-7-8-9-11-19(10-6-2)22-18(4)13-14-20-16-17(3)12-15-21(20)22/h17-22H,5-16H2,1-4H3. The van der Waals surface area contributed by atoms with Crippen LogP contribution < -0.4 is 0 Å². The molecular weight excluding hydrogens is 264 g/mol. The van der Waals surface area contributed by atoms with E-state index in [1.165, 1.54) is 57.8 Å². The summed E-state index contributed by atoms with van der Waals surface area (Å²) in [4.78, 5) is 0. The highest BCUT2D eigenvalue weighted by Gasteiger charge is 2.42. The zero-order valence-corrected chi connectivity index (χ0v) is 15.9. The largest absolute Gasteiger partial charge is 0.0654 e. The quantitative estimate of drug-likeness (QED) is 0.408. The smallest absolute Gasteiger partial charge is 0.0329 e. The Morgan fingerprint density at radius 3 is 2.36 bits per heavy atom. The van der Waals surface area contributed by atoms with Gasteiger partial charge in [0.1, 0.15) is 0 Å². The van der Waals surface area contributed by atoms with Crippen molar-refractivity contribution in [2.24, 2.45) is 35.5 Å². The molecule has 2 fully saturated rings. The van der Waals surface area contributed by atoms with Crippen LogP contribution in [0.25, 0.3) is 0 Å². The maximum atomic E-state index is 2.59. The molecule has 0 aliphatic heterocycles. The highest BCUT2D eigenvalue weighted by atomic mass is 14.5. The van der Waals surface area contributed by atoms with E-state index in [1.807, 2.05) is 0 Å². The molecule has 6 atom stereocenters. The second-order valence-corrected chi connectivity index (χ2v) is 8.87. The molecule has 2 aliphatic rings. The van der Waals surface area contributed by atoms with E-state index < -0.39 is 0 Å². The van der Waals surface area contributed by atoms with Crippen LogP contribution in [0.5, 0.6) is 0 Å². The lowest BCUT2D eigenvalue weighted by molar-refractivity contribution is 0.00395. The third kappa shape index (κ3) is 4.75. The summed E-state index contributed by atoms with van der Waals surface area (Å²) in [6.07, 6.45) is 17.9. The fraction of sp³-hybridized carbons (Fsp3) is 1.00. The lowest BCUT2D eigenvalue weighted by Gasteiger charge is -2.49. The van der Waals surface area contributed by atoms with Gasteiger partial charge in [0.05, 0.1) is 0 Å². The summed E-state index contributed by atoms with van der Waals surface area (Å²) in [7, 11) is 0. The summed E-state index contributed by atoms with van der Waals surface area (Å²) in [5.41, 5.74) is 0. The molecular formula is C22H42. The summed E-state index contributed by atoms with van der Waals surface area (Å²) < 4.78 is 0. The Kier molecular flexibility index (Phi) is 7.78. The zero-order valence-electron chi connectivity index (χ0n) is 15.9. The van der Waals surface area contributed by atoms with Crippen LogP contribution in [-0.2, 0) is 0 Å². The predicted molar refractivity (Wildman–Crippen MR) is 99.0 cm³/mol. The fourth-order valence-electron chi connectivity index (χ4n) is 6.00. The van der Waals surface area contributed by atoms with Crippen molar-refractivity contribution in [1.82, 2.24) is 0 Å². The summed E-state index contributed by atoms with van der Waals surface area (Å²) in [6.45, 7) is 9.83. The number of rotatable bonds is 8. The third-order valence-corrected chi connectivity index (χ3v) is 7.08. The molecule has 0 bridgehead atoms. The molecule has 2 saturated carbocycles. The predicted octanol–water partition coefficient (Wildman–Crippen LogP) is 7.47. The van der Waals surface area contributed by atoms with Gasteiger partial charge < -0.3 is 0 Å². The van der Waals surface area contributed by atoms with E-state index in [2.05, 4.69) is 27.7 Å². The van der Waals surface area contributed by atoms with Gasteiger partial charge in [0.15, 0.2) is 0 Å². The molecule has 0 N–H and O–H groups in total. The summed E-state index contributed by atoms with van der Waals surface area (Å²) >= 11 is 0. The maximum Gasteiger partial charge on any atom is -0.0329 e. The SMILES string of the molecule is CCCCCCC(CCC)C1C(C)CCC2CC(C)CCC21. The molecule has 0 aromatic heterocycles. The summed E-state index contributed by atoms with van der Waals surface area (Å²) in [5, 5.41) is 0. The van der Waals surface area contributed by atoms with Crippen LogP contribution in [0, 0.1) is 35.5 Å². The first-order valence-electron chi connectivity index (χ1n) is 10.7. The molecule has 0 saturated heterocycles. The first-order valence-corrected chi connectivity index (χ1v) is 10.7. The van der Waals surface area contributed by atoms with Crippen LogP contribution in [0.1, 0.15) is 105 Å². The van der Waals surface area contributed by atoms with Gasteiger partial charge in [-0.15, -0.1) is 0 Å². The Balaban J connectivity index is 1.99. The van der Waals surface area contributed by atoms with Gasteiger partial charge in [0, 0.05) is 0 Å². The van der Waals surface area contributed by atoms with Crippen molar-refractivity contribution < 1.29 is 0 Å². The number of unbranched alkanes of at least 4 members (excludes halogenated alkanes) is 3. The van der Waals surface area contributed by atoms with Gasteiger partial charge in [0.25, 0.3) is 0 Å². The Morgan fingerprint density at radius 1 is 0.818 bits per heavy atom. The molecule has 6 unspecified atom stereocenters. The first kappa shape index (κ1) is 18.3. The molecule has 2 rings (SSSR count). The second kappa shape index (κ2) is 9.33. The molecule has 130 valence electrons. The Labute approximate surface area is 140 Å². The van der Waals surface area contributed by atoms with Crippen LogP contribution in [-0.4, -0.2) is 0 Å². The maximum absolute atomic E-state index is 2.59. The number of hydrogen-bond acceptors (Lipinski definition) is 0. The lowest BCUT2D eigenvalue weighted by atomic mass is 9.56. The minimum Gasteiger partial charge on any atom is -0.0654 e. The molecule has 0 radical (unpaired) electrons. The third-order valence-electron chi connectivity index (χ3n) is 7.08. The minimum absolute atomic E-state index is 0.998. The Morgan fingerprint density at radius 2 is 1.64 bits per heavy atom. The molecule has 2 aliphatic carbocycles. The van der Waals surface area contributed by atoms with Crippen LogP contribution in [0.2, 0.25) is 0 Å². The van der Waals surface area contributed by atoms with Gasteiger partial charge in [-0.2, -0.15) is 0 Å². The lowest BCUT2D eigenvalue weighted by Crippen LogP contribution is -2.41. The van der Waals surface area contributed by atoms with Crippen molar-refractivity contribution in [3.8, 4) is 0 Å². The minimum atomic E-state index is 0.998. The van der Waals surface area contributed by atoms with Gasteiger partial charge in [-0.3, -0.25) is 0 Å². The van der Waals surface area contributed by atoms with Crippen molar-refractivity contribution >= 4 is 0 Å². The first-order chi connectivity index (χ1) is 10.7. The van der Waals surface area contributed by atoms with E-state index in [4.69, 9.17) is 0 Å². The molecule has 22 heavy (non-hydrogen) atoms. The summed E-state index contributed by atoms with van der Waals surface area (Å²) in [5.74, 6) is 6.27. The summed E-state index contributed by atoms with van der Waals surface area (Å²) in [6, 6.07) is 0. The van der Waals surface area contributed by atoms with Crippen molar-refractivity contribution in [2.45, 2.75) is 105 Å². The molecule has 0 aromatic carbocycles. The second-order valence-electron chi connectivity index (χ2n) is 8.87. The van der Waals surface area contributed by atoms with Crippen molar-refractivity contribution in [1.29, 1.82) is 0 Å². The van der Waals surface area contributed by atoms with Gasteiger partial charge in [0.2, 0.25) is 0 Å². The van der Waals surface area contributed by atoms with E-state index in [0.717, 1.165) is 35.5 Å². The molecule has 0 nitrogen and oxygen atoms in total. The van der Waals surface area contributed by atoms with E-state index in [0.29, 0.717) is 0 Å². The van der Waals surface area contributed by atoms with Crippen molar-refractivity contribution in [2.75, 3.05) is 0 Å². The molecule has 0 heteroatoms. The topological polar surface area (TPSA) is 0 Å². The molecule has 0 heterocycles.